The minimum Gasteiger partial charge on any atom is -0.497 e. The third-order valence-electron chi connectivity index (χ3n) is 5.76. The van der Waals surface area contributed by atoms with Gasteiger partial charge < -0.3 is 14.8 Å². The number of imide groups is 1. The van der Waals surface area contributed by atoms with Gasteiger partial charge in [-0.2, -0.15) is 0 Å². The maximum Gasteiger partial charge on any atom is 0.282 e. The summed E-state index contributed by atoms with van der Waals surface area (Å²) in [6.07, 6.45) is 0. The fourth-order valence-corrected chi connectivity index (χ4v) is 3.84. The van der Waals surface area contributed by atoms with E-state index < -0.39 is 5.91 Å². The molecule has 1 N–H and O–H groups in total. The van der Waals surface area contributed by atoms with Crippen LogP contribution in [-0.4, -0.2) is 26.0 Å². The topological polar surface area (TPSA) is 67.9 Å². The molecule has 0 atom stereocenters. The molecule has 0 saturated carbocycles. The number of ether oxygens (including phenoxy) is 2. The first-order valence-corrected chi connectivity index (χ1v) is 10.6. The number of nitrogens with one attached hydrogen (secondary N) is 1. The molecule has 6 heteroatoms. The average molecular weight is 443 g/mol. The zero-order chi connectivity index (χ0) is 23.7. The first-order chi connectivity index (χ1) is 15.8. The molecule has 0 spiro atoms. The van der Waals surface area contributed by atoms with E-state index in [4.69, 9.17) is 9.47 Å². The Bertz CT molecular complexity index is 1270. The summed E-state index contributed by atoms with van der Waals surface area (Å²) in [5, 5.41) is 3.18. The van der Waals surface area contributed by atoms with Gasteiger partial charge in [-0.3, -0.25) is 9.59 Å². The summed E-state index contributed by atoms with van der Waals surface area (Å²) >= 11 is 0. The highest BCUT2D eigenvalue weighted by Gasteiger charge is 2.40. The minimum atomic E-state index is -0.416. The zero-order valence-electron chi connectivity index (χ0n) is 19.4. The van der Waals surface area contributed by atoms with E-state index in [1.165, 1.54) is 4.90 Å². The van der Waals surface area contributed by atoms with Gasteiger partial charge in [-0.15, -0.1) is 0 Å². The van der Waals surface area contributed by atoms with Crippen molar-refractivity contribution in [1.82, 2.24) is 0 Å². The molecule has 0 bridgehead atoms. The van der Waals surface area contributed by atoms with E-state index in [1.54, 1.807) is 38.5 Å². The van der Waals surface area contributed by atoms with Gasteiger partial charge in [0.2, 0.25) is 0 Å². The highest BCUT2D eigenvalue weighted by atomic mass is 16.5. The Morgan fingerprint density at radius 3 is 2.06 bits per heavy atom. The van der Waals surface area contributed by atoms with Crippen molar-refractivity contribution < 1.29 is 19.1 Å². The van der Waals surface area contributed by atoms with Crippen LogP contribution in [0.2, 0.25) is 0 Å². The third kappa shape index (κ3) is 4.20. The van der Waals surface area contributed by atoms with Gasteiger partial charge in [0.15, 0.2) is 0 Å². The highest BCUT2D eigenvalue weighted by molar-refractivity contribution is 6.46. The fraction of sp³-hybridized carbons (Fsp3) is 0.185. The molecule has 0 aromatic heterocycles. The first kappa shape index (κ1) is 22.1. The molecular formula is C27H26N2O4. The van der Waals surface area contributed by atoms with E-state index >= 15 is 0 Å². The summed E-state index contributed by atoms with van der Waals surface area (Å²) in [7, 11) is 3.12. The minimum absolute atomic E-state index is 0.208. The lowest BCUT2D eigenvalue weighted by atomic mass is 9.99. The molecule has 0 aliphatic carbocycles. The number of rotatable bonds is 6. The van der Waals surface area contributed by atoms with Gasteiger partial charge in [0.25, 0.3) is 11.8 Å². The van der Waals surface area contributed by atoms with Crippen molar-refractivity contribution in [2.45, 2.75) is 20.8 Å². The van der Waals surface area contributed by atoms with Crippen molar-refractivity contribution in [2.75, 3.05) is 24.4 Å². The number of benzene rings is 3. The molecule has 0 fully saturated rings. The molecule has 4 rings (SSSR count). The molecule has 0 radical (unpaired) electrons. The third-order valence-corrected chi connectivity index (χ3v) is 5.76. The number of aryl methyl sites for hydroxylation is 3. The quantitative estimate of drug-likeness (QED) is 0.543. The maximum atomic E-state index is 13.6. The maximum absolute atomic E-state index is 13.6. The highest BCUT2D eigenvalue weighted by Crippen LogP contribution is 2.36. The predicted octanol–water partition coefficient (Wildman–Crippen LogP) is 5.03. The predicted molar refractivity (Wildman–Crippen MR) is 130 cm³/mol. The van der Waals surface area contributed by atoms with E-state index in [-0.39, 0.29) is 11.6 Å². The Balaban J connectivity index is 1.86. The standard InChI is InChI=1S/C27H26N2O4/c1-16-7-6-8-21(11-16)29-26(30)24(19-10-9-17(2)18(3)12-19)25(27(29)31)28-20-13-22(32-4)15-23(14-20)33-5/h6-15,28H,1-5H3. The summed E-state index contributed by atoms with van der Waals surface area (Å²) in [6.45, 7) is 5.92. The molecule has 6 nitrogen and oxygen atoms in total. The lowest BCUT2D eigenvalue weighted by Gasteiger charge is -2.16. The van der Waals surface area contributed by atoms with Crippen molar-refractivity contribution in [1.29, 1.82) is 0 Å². The van der Waals surface area contributed by atoms with Crippen LogP contribution >= 0.6 is 0 Å². The van der Waals surface area contributed by atoms with E-state index in [0.29, 0.717) is 34.0 Å². The summed E-state index contributed by atoms with van der Waals surface area (Å²) in [4.78, 5) is 28.4. The largest absolute Gasteiger partial charge is 0.497 e. The molecule has 33 heavy (non-hydrogen) atoms. The molecule has 1 aliphatic rings. The lowest BCUT2D eigenvalue weighted by molar-refractivity contribution is -0.120. The Kier molecular flexibility index (Phi) is 5.92. The van der Waals surface area contributed by atoms with Crippen LogP contribution in [0.15, 0.2) is 66.4 Å². The summed E-state index contributed by atoms with van der Waals surface area (Å²) in [6, 6.07) is 18.3. The van der Waals surface area contributed by atoms with Crippen molar-refractivity contribution >= 4 is 28.8 Å². The van der Waals surface area contributed by atoms with Crippen LogP contribution in [0.5, 0.6) is 11.5 Å². The Morgan fingerprint density at radius 2 is 1.45 bits per heavy atom. The molecule has 1 aliphatic heterocycles. The number of hydrogen-bond acceptors (Lipinski definition) is 5. The number of hydrogen-bond donors (Lipinski definition) is 1. The molecular weight excluding hydrogens is 416 g/mol. The van der Waals surface area contributed by atoms with Crippen molar-refractivity contribution in [3.05, 3.63) is 88.6 Å². The number of anilines is 2. The molecule has 0 unspecified atom stereocenters. The van der Waals surface area contributed by atoms with Crippen molar-refractivity contribution in [2.24, 2.45) is 0 Å². The van der Waals surface area contributed by atoms with Crippen LogP contribution < -0.4 is 19.7 Å². The van der Waals surface area contributed by atoms with Gasteiger partial charge in [-0.25, -0.2) is 4.90 Å². The number of carbonyl (C=O) groups excluding carboxylic acids is 2. The molecule has 3 aromatic rings. The Morgan fingerprint density at radius 1 is 0.758 bits per heavy atom. The smallest absolute Gasteiger partial charge is 0.282 e. The molecule has 0 saturated heterocycles. The lowest BCUT2D eigenvalue weighted by Crippen LogP contribution is -2.32. The van der Waals surface area contributed by atoms with Crippen LogP contribution in [0.3, 0.4) is 0 Å². The molecule has 2 amide bonds. The summed E-state index contributed by atoms with van der Waals surface area (Å²) in [5.41, 5.74) is 5.44. The van der Waals surface area contributed by atoms with Crippen LogP contribution in [0.25, 0.3) is 5.57 Å². The Labute approximate surface area is 193 Å². The van der Waals surface area contributed by atoms with E-state index in [9.17, 15) is 9.59 Å². The molecule has 1 heterocycles. The summed E-state index contributed by atoms with van der Waals surface area (Å²) in [5.74, 6) is 0.349. The van der Waals surface area contributed by atoms with Gasteiger partial charge in [-0.1, -0.05) is 30.3 Å². The summed E-state index contributed by atoms with van der Waals surface area (Å²) < 4.78 is 10.7. The molecule has 168 valence electrons. The second kappa shape index (κ2) is 8.82. The monoisotopic (exact) mass is 442 g/mol. The number of carbonyl (C=O) groups is 2. The number of amides is 2. The van der Waals surface area contributed by atoms with Crippen LogP contribution in [0.4, 0.5) is 11.4 Å². The fourth-order valence-electron chi connectivity index (χ4n) is 3.84. The van der Waals surface area contributed by atoms with E-state index in [2.05, 4.69) is 5.32 Å². The van der Waals surface area contributed by atoms with Gasteiger partial charge in [0.05, 0.1) is 25.5 Å². The van der Waals surface area contributed by atoms with Gasteiger partial charge >= 0.3 is 0 Å². The van der Waals surface area contributed by atoms with Gasteiger partial charge in [0.1, 0.15) is 17.2 Å². The second-order valence-corrected chi connectivity index (χ2v) is 8.06. The SMILES string of the molecule is COc1cc(NC2=C(c3ccc(C)c(C)c3)C(=O)N(c3cccc(C)c3)C2=O)cc(OC)c1. The number of nitrogens with zero attached hydrogens (tertiary/aromatic N) is 1. The van der Waals surface area contributed by atoms with Crippen LogP contribution in [-0.2, 0) is 9.59 Å². The van der Waals surface area contributed by atoms with Gasteiger partial charge in [0, 0.05) is 23.9 Å². The van der Waals surface area contributed by atoms with Crippen molar-refractivity contribution in [3.8, 4) is 11.5 Å². The first-order valence-electron chi connectivity index (χ1n) is 10.6. The van der Waals surface area contributed by atoms with Crippen LogP contribution in [0, 0.1) is 20.8 Å². The zero-order valence-corrected chi connectivity index (χ0v) is 19.4. The van der Waals surface area contributed by atoms with Crippen LogP contribution in [0.1, 0.15) is 22.3 Å². The Hall–Kier alpha value is -4.06. The van der Waals surface area contributed by atoms with E-state index in [0.717, 1.165) is 16.7 Å². The second-order valence-electron chi connectivity index (χ2n) is 8.06. The van der Waals surface area contributed by atoms with Crippen molar-refractivity contribution in [3.63, 3.8) is 0 Å². The normalized spacial score (nSPS) is 13.5. The van der Waals surface area contributed by atoms with Gasteiger partial charge in [-0.05, 0) is 55.2 Å². The molecule has 3 aromatic carbocycles. The van der Waals surface area contributed by atoms with E-state index in [1.807, 2.05) is 57.2 Å². The number of methoxy groups -OCH3 is 2. The average Bonchev–Trinajstić information content (AvgIpc) is 3.04.